The maximum atomic E-state index is 12.2. The molecule has 1 unspecified atom stereocenters. The van der Waals surface area contributed by atoms with Gasteiger partial charge in [0.05, 0.1) is 12.3 Å². The average Bonchev–Trinajstić information content (AvgIpc) is 3.44. The van der Waals surface area contributed by atoms with Crippen molar-refractivity contribution in [2.75, 3.05) is 25.4 Å². The van der Waals surface area contributed by atoms with Crippen LogP contribution in [0.15, 0.2) is 41.4 Å². The number of carboxylic acids is 1. The van der Waals surface area contributed by atoms with Crippen molar-refractivity contribution in [3.8, 4) is 11.1 Å². The first-order valence-electron chi connectivity index (χ1n) is 11.8. The van der Waals surface area contributed by atoms with Gasteiger partial charge < -0.3 is 15.7 Å². The van der Waals surface area contributed by atoms with Crippen molar-refractivity contribution in [1.82, 2.24) is 15.4 Å². The molecule has 0 radical (unpaired) electrons. The van der Waals surface area contributed by atoms with E-state index >= 15 is 0 Å². The first kappa shape index (κ1) is 24.2. The lowest BCUT2D eigenvalue weighted by Gasteiger charge is -2.15. The largest absolute Gasteiger partial charge is 0.480 e. The number of fused-ring (bicyclic) bond motifs is 3. The molecular weight excluding hydrogens is 452 g/mol. The van der Waals surface area contributed by atoms with Crippen molar-refractivity contribution in [3.63, 3.8) is 0 Å². The first-order chi connectivity index (χ1) is 16.3. The van der Waals surface area contributed by atoms with Crippen LogP contribution in [0.1, 0.15) is 42.0 Å². The molecule has 0 spiro atoms. The number of aliphatic imine (C=N–C) groups is 1. The molecule has 4 N–H and O–H groups in total. The fourth-order valence-electron chi connectivity index (χ4n) is 4.47. The highest BCUT2D eigenvalue weighted by atomic mass is 32.2. The predicted octanol–water partition coefficient (Wildman–Crippen LogP) is 2.06. The number of carbonyl (C=O) groups is 1. The molecule has 2 aromatic rings. The smallest absolute Gasteiger partial charge is 0.322 e. The topological polar surface area (TPSA) is 120 Å². The molecule has 0 amide bonds. The Bertz CT molecular complexity index is 1190. The van der Waals surface area contributed by atoms with E-state index in [9.17, 15) is 18.3 Å². The van der Waals surface area contributed by atoms with Gasteiger partial charge in [0.25, 0.3) is 0 Å². The lowest BCUT2D eigenvalue weighted by atomic mass is 9.99. The number of hydrogen-bond donors (Lipinski definition) is 4. The van der Waals surface area contributed by atoms with Crippen LogP contribution in [-0.4, -0.2) is 56.9 Å². The first-order valence-corrected chi connectivity index (χ1v) is 13.5. The van der Waals surface area contributed by atoms with Gasteiger partial charge in [-0.15, -0.1) is 0 Å². The quantitative estimate of drug-likeness (QED) is 0.331. The van der Waals surface area contributed by atoms with Gasteiger partial charge in [0.2, 0.25) is 10.0 Å². The highest BCUT2D eigenvalue weighted by Gasteiger charge is 2.25. The molecule has 1 aliphatic heterocycles. The van der Waals surface area contributed by atoms with Gasteiger partial charge in [-0.05, 0) is 59.1 Å². The summed E-state index contributed by atoms with van der Waals surface area (Å²) >= 11 is 0. The highest BCUT2D eigenvalue weighted by molar-refractivity contribution is 7.89. The molecule has 182 valence electrons. The molecular formula is C25H32N4O4S. The van der Waals surface area contributed by atoms with E-state index < -0.39 is 22.0 Å². The van der Waals surface area contributed by atoms with E-state index in [0.29, 0.717) is 6.42 Å². The van der Waals surface area contributed by atoms with E-state index in [0.717, 1.165) is 61.5 Å². The molecule has 9 heteroatoms. The Kier molecular flexibility index (Phi) is 7.53. The SMILES string of the molecule is CCCCS(=O)(=O)NC(Cc1ccc2c(c1)Cc1cc(CCNC3=NCCN3)ccc1-2)C(=O)O. The summed E-state index contributed by atoms with van der Waals surface area (Å²) in [4.78, 5) is 16.1. The van der Waals surface area contributed by atoms with E-state index in [2.05, 4.69) is 38.5 Å². The Morgan fingerprint density at radius 1 is 1.15 bits per heavy atom. The maximum absolute atomic E-state index is 12.2. The van der Waals surface area contributed by atoms with Crippen molar-refractivity contribution in [2.45, 2.75) is 45.1 Å². The number of nitrogens with one attached hydrogen (secondary N) is 3. The number of rotatable bonds is 11. The summed E-state index contributed by atoms with van der Waals surface area (Å²) in [7, 11) is -3.63. The number of guanidine groups is 1. The number of carboxylic acid groups (broad SMARTS) is 1. The molecule has 0 saturated carbocycles. The van der Waals surface area contributed by atoms with Crippen molar-refractivity contribution < 1.29 is 18.3 Å². The van der Waals surface area contributed by atoms with Crippen LogP contribution in [0.25, 0.3) is 11.1 Å². The Balaban J connectivity index is 1.41. The van der Waals surface area contributed by atoms with Gasteiger partial charge in [-0.25, -0.2) is 13.1 Å². The number of aliphatic carboxylic acids is 1. The van der Waals surface area contributed by atoms with Crippen molar-refractivity contribution in [3.05, 3.63) is 58.7 Å². The zero-order valence-electron chi connectivity index (χ0n) is 19.4. The predicted molar refractivity (Wildman–Crippen MR) is 134 cm³/mol. The summed E-state index contributed by atoms with van der Waals surface area (Å²) in [5.74, 6) is -0.357. The van der Waals surface area contributed by atoms with Gasteiger partial charge in [0.15, 0.2) is 5.96 Å². The molecule has 4 rings (SSSR count). The summed E-state index contributed by atoms with van der Waals surface area (Å²) in [5, 5.41) is 16.1. The molecule has 0 aromatic heterocycles. The lowest BCUT2D eigenvalue weighted by Crippen LogP contribution is -2.43. The zero-order valence-corrected chi connectivity index (χ0v) is 20.2. The molecule has 1 atom stereocenters. The van der Waals surface area contributed by atoms with E-state index in [4.69, 9.17) is 0 Å². The molecule has 1 heterocycles. The molecule has 8 nitrogen and oxygen atoms in total. The van der Waals surface area contributed by atoms with E-state index in [1.165, 1.54) is 16.7 Å². The van der Waals surface area contributed by atoms with Crippen LogP contribution >= 0.6 is 0 Å². The van der Waals surface area contributed by atoms with E-state index in [1.807, 2.05) is 25.1 Å². The fraction of sp³-hybridized carbons (Fsp3) is 0.440. The van der Waals surface area contributed by atoms with Gasteiger partial charge in [-0.3, -0.25) is 9.79 Å². The Hall–Kier alpha value is -2.91. The van der Waals surface area contributed by atoms with Crippen LogP contribution in [0.5, 0.6) is 0 Å². The van der Waals surface area contributed by atoms with Crippen LogP contribution in [0.2, 0.25) is 0 Å². The third-order valence-electron chi connectivity index (χ3n) is 6.22. The minimum Gasteiger partial charge on any atom is -0.480 e. The number of benzene rings is 2. The Morgan fingerprint density at radius 2 is 1.85 bits per heavy atom. The van der Waals surface area contributed by atoms with Crippen LogP contribution in [0.4, 0.5) is 0 Å². The third kappa shape index (κ3) is 5.95. The van der Waals surface area contributed by atoms with Crippen LogP contribution in [0, 0.1) is 0 Å². The summed E-state index contributed by atoms with van der Waals surface area (Å²) in [6.07, 6.45) is 3.03. The van der Waals surface area contributed by atoms with Crippen molar-refractivity contribution in [2.24, 2.45) is 4.99 Å². The Morgan fingerprint density at radius 3 is 2.50 bits per heavy atom. The second-order valence-corrected chi connectivity index (χ2v) is 10.8. The second kappa shape index (κ2) is 10.6. The minimum atomic E-state index is -3.63. The minimum absolute atomic E-state index is 0.0603. The van der Waals surface area contributed by atoms with Gasteiger partial charge in [-0.2, -0.15) is 0 Å². The number of nitrogens with zero attached hydrogens (tertiary/aromatic N) is 1. The van der Waals surface area contributed by atoms with Gasteiger partial charge >= 0.3 is 5.97 Å². The molecule has 2 aliphatic rings. The highest BCUT2D eigenvalue weighted by Crippen LogP contribution is 2.37. The molecule has 0 fully saturated rings. The number of hydrogen-bond acceptors (Lipinski definition) is 6. The summed E-state index contributed by atoms with van der Waals surface area (Å²) in [6.45, 7) is 4.42. The molecule has 34 heavy (non-hydrogen) atoms. The Labute approximate surface area is 200 Å². The van der Waals surface area contributed by atoms with Crippen molar-refractivity contribution >= 4 is 22.0 Å². The van der Waals surface area contributed by atoms with Gasteiger partial charge in [0, 0.05) is 13.1 Å². The van der Waals surface area contributed by atoms with Crippen LogP contribution in [-0.2, 0) is 34.1 Å². The van der Waals surface area contributed by atoms with Crippen LogP contribution < -0.4 is 15.4 Å². The number of sulfonamides is 1. The monoisotopic (exact) mass is 484 g/mol. The average molecular weight is 485 g/mol. The lowest BCUT2D eigenvalue weighted by molar-refractivity contribution is -0.138. The van der Waals surface area contributed by atoms with E-state index in [1.54, 1.807) is 0 Å². The van der Waals surface area contributed by atoms with Crippen molar-refractivity contribution in [1.29, 1.82) is 0 Å². The summed E-state index contributed by atoms with van der Waals surface area (Å²) in [5.41, 5.74) is 6.83. The van der Waals surface area contributed by atoms with Gasteiger partial charge in [-0.1, -0.05) is 49.7 Å². The fourth-order valence-corrected chi connectivity index (χ4v) is 5.87. The second-order valence-electron chi connectivity index (χ2n) is 8.88. The standard InChI is InChI=1S/C25H32N4O4S/c1-2-3-12-34(32,33)29-23(24(30)31)15-18-5-7-22-20(14-18)16-19-13-17(4-6-21(19)22)8-9-26-25-27-10-11-28-25/h4-7,13-14,23,29H,2-3,8-12,15-16H2,1H3,(H,30,31)(H2,26,27,28). The molecule has 2 aromatic carbocycles. The molecule has 0 bridgehead atoms. The molecule has 0 saturated heterocycles. The summed E-state index contributed by atoms with van der Waals surface area (Å²) < 4.78 is 26.8. The molecule has 1 aliphatic carbocycles. The third-order valence-corrected chi connectivity index (χ3v) is 7.69. The van der Waals surface area contributed by atoms with E-state index in [-0.39, 0.29) is 12.2 Å². The summed E-state index contributed by atoms with van der Waals surface area (Å²) in [6, 6.07) is 11.3. The maximum Gasteiger partial charge on any atom is 0.322 e. The zero-order chi connectivity index (χ0) is 24.1. The van der Waals surface area contributed by atoms with Gasteiger partial charge in [0.1, 0.15) is 6.04 Å². The normalized spacial score (nSPS) is 15.3. The van der Waals surface area contributed by atoms with Crippen LogP contribution in [0.3, 0.4) is 0 Å². The number of unbranched alkanes of at least 4 members (excludes halogenated alkanes) is 1.